The zero-order valence-electron chi connectivity index (χ0n) is 15.6. The molecule has 0 amide bonds. The summed E-state index contributed by atoms with van der Waals surface area (Å²) in [6.07, 6.45) is 1.66. The van der Waals surface area contributed by atoms with Crippen LogP contribution in [-0.2, 0) is 28.2 Å². The Morgan fingerprint density at radius 3 is 3.00 bits per heavy atom. The Balaban J connectivity index is 1.50. The Bertz CT molecular complexity index is 1050. The van der Waals surface area contributed by atoms with Gasteiger partial charge in [0.25, 0.3) is 0 Å². The summed E-state index contributed by atoms with van der Waals surface area (Å²) in [7, 11) is 0. The van der Waals surface area contributed by atoms with Crippen LogP contribution in [0.5, 0.6) is 0 Å². The summed E-state index contributed by atoms with van der Waals surface area (Å²) in [5.41, 5.74) is 0.804. The molecule has 4 aromatic heterocycles. The SMILES string of the molecule is CCOC(=O)Cc1nnc(SCc2cc(-c3cccs3)on2)n1Cc1ccco1. The zero-order valence-corrected chi connectivity index (χ0v) is 17.2. The molecule has 0 aliphatic carbocycles. The lowest BCUT2D eigenvalue weighted by atomic mass is 10.3. The summed E-state index contributed by atoms with van der Waals surface area (Å²) < 4.78 is 17.8. The van der Waals surface area contributed by atoms with Crippen LogP contribution in [0.15, 0.2) is 56.1 Å². The maximum Gasteiger partial charge on any atom is 0.313 e. The molecule has 0 aliphatic rings. The molecule has 4 aromatic rings. The van der Waals surface area contributed by atoms with E-state index in [2.05, 4.69) is 15.4 Å². The Labute approximate surface area is 174 Å². The van der Waals surface area contributed by atoms with Crippen molar-refractivity contribution in [3.05, 3.63) is 59.3 Å². The third-order valence-corrected chi connectivity index (χ3v) is 5.85. The Hall–Kier alpha value is -2.85. The molecule has 0 spiro atoms. The third-order valence-electron chi connectivity index (χ3n) is 3.97. The molecule has 0 fully saturated rings. The fraction of sp³-hybridized carbons (Fsp3) is 0.263. The molecular formula is C19H18N4O4S2. The van der Waals surface area contributed by atoms with Crippen LogP contribution < -0.4 is 0 Å². The van der Waals surface area contributed by atoms with Crippen molar-refractivity contribution < 1.29 is 18.5 Å². The third kappa shape index (κ3) is 4.77. The van der Waals surface area contributed by atoms with E-state index in [4.69, 9.17) is 13.7 Å². The second kappa shape index (κ2) is 9.10. The molecule has 0 N–H and O–H groups in total. The lowest BCUT2D eigenvalue weighted by Gasteiger charge is -2.08. The Morgan fingerprint density at radius 1 is 1.31 bits per heavy atom. The summed E-state index contributed by atoms with van der Waals surface area (Å²) in [5, 5.41) is 15.2. The second-order valence-corrected chi connectivity index (χ2v) is 7.88. The van der Waals surface area contributed by atoms with Gasteiger partial charge in [-0.05, 0) is 30.5 Å². The Morgan fingerprint density at radius 2 is 2.24 bits per heavy atom. The van der Waals surface area contributed by atoms with Crippen LogP contribution >= 0.6 is 23.1 Å². The number of hydrogen-bond donors (Lipinski definition) is 0. The predicted molar refractivity (Wildman–Crippen MR) is 108 cm³/mol. The van der Waals surface area contributed by atoms with Gasteiger partial charge in [0.2, 0.25) is 0 Å². The summed E-state index contributed by atoms with van der Waals surface area (Å²) in [6, 6.07) is 9.57. The summed E-state index contributed by atoms with van der Waals surface area (Å²) in [4.78, 5) is 12.9. The van der Waals surface area contributed by atoms with Crippen molar-refractivity contribution in [3.63, 3.8) is 0 Å². The van der Waals surface area contributed by atoms with Crippen LogP contribution in [0.2, 0.25) is 0 Å². The molecule has 0 unspecified atom stereocenters. The minimum atomic E-state index is -0.339. The first-order valence-corrected chi connectivity index (χ1v) is 10.8. The fourth-order valence-corrected chi connectivity index (χ4v) is 4.18. The van der Waals surface area contributed by atoms with Crippen molar-refractivity contribution in [2.75, 3.05) is 6.61 Å². The molecule has 8 nitrogen and oxygen atoms in total. The minimum Gasteiger partial charge on any atom is -0.467 e. The summed E-state index contributed by atoms with van der Waals surface area (Å²) in [5.74, 6) is 2.25. The summed E-state index contributed by atoms with van der Waals surface area (Å²) >= 11 is 3.07. The zero-order chi connectivity index (χ0) is 20.1. The number of hydrogen-bond acceptors (Lipinski definition) is 9. The molecule has 4 heterocycles. The number of nitrogens with zero attached hydrogens (tertiary/aromatic N) is 4. The summed E-state index contributed by atoms with van der Waals surface area (Å²) in [6.45, 7) is 2.52. The van der Waals surface area contributed by atoms with Gasteiger partial charge in [0.1, 0.15) is 18.0 Å². The van der Waals surface area contributed by atoms with Gasteiger partial charge in [-0.3, -0.25) is 9.36 Å². The number of carbonyl (C=O) groups is 1. The van der Waals surface area contributed by atoms with Crippen molar-refractivity contribution in [2.45, 2.75) is 30.8 Å². The van der Waals surface area contributed by atoms with Crippen molar-refractivity contribution in [2.24, 2.45) is 0 Å². The van der Waals surface area contributed by atoms with E-state index in [-0.39, 0.29) is 12.4 Å². The molecule has 0 atom stereocenters. The van der Waals surface area contributed by atoms with Crippen molar-refractivity contribution in [1.29, 1.82) is 0 Å². The highest BCUT2D eigenvalue weighted by Crippen LogP contribution is 2.28. The minimum absolute atomic E-state index is 0.0502. The Kier molecular flexibility index (Phi) is 6.11. The molecule has 0 aromatic carbocycles. The maximum atomic E-state index is 11.9. The number of rotatable bonds is 9. The quantitative estimate of drug-likeness (QED) is 0.290. The standard InChI is InChI=1S/C19H18N4O4S2/c1-2-25-18(24)10-17-20-21-19(23(17)11-14-5-3-7-26-14)29-12-13-9-15(27-22-13)16-6-4-8-28-16/h3-9H,2,10-12H2,1H3. The molecular weight excluding hydrogens is 412 g/mol. The van der Waals surface area contributed by atoms with Gasteiger partial charge in [-0.2, -0.15) is 0 Å². The molecule has 0 bridgehead atoms. The first-order chi connectivity index (χ1) is 14.2. The number of thiophene rings is 1. The molecule has 0 aliphatic heterocycles. The first-order valence-electron chi connectivity index (χ1n) is 8.95. The van der Waals surface area contributed by atoms with Crippen molar-refractivity contribution in [1.82, 2.24) is 19.9 Å². The highest BCUT2D eigenvalue weighted by Gasteiger charge is 2.18. The topological polar surface area (TPSA) is 96.2 Å². The van der Waals surface area contributed by atoms with Gasteiger partial charge in [0.15, 0.2) is 10.9 Å². The van der Waals surface area contributed by atoms with Crippen molar-refractivity contribution in [3.8, 4) is 10.6 Å². The van der Waals surface area contributed by atoms with Crippen LogP contribution in [0.1, 0.15) is 24.2 Å². The van der Waals surface area contributed by atoms with Gasteiger partial charge < -0.3 is 13.7 Å². The molecule has 10 heteroatoms. The highest BCUT2D eigenvalue weighted by atomic mass is 32.2. The van der Waals surface area contributed by atoms with E-state index in [0.717, 1.165) is 22.1 Å². The number of ether oxygens (including phenoxy) is 1. The maximum absolute atomic E-state index is 11.9. The smallest absolute Gasteiger partial charge is 0.313 e. The first kappa shape index (κ1) is 19.5. The van der Waals surface area contributed by atoms with Gasteiger partial charge in [0.05, 0.1) is 30.0 Å². The van der Waals surface area contributed by atoms with E-state index in [1.807, 2.05) is 40.3 Å². The van der Waals surface area contributed by atoms with E-state index in [1.165, 1.54) is 11.8 Å². The molecule has 0 saturated heterocycles. The van der Waals surface area contributed by atoms with Crippen LogP contribution in [-0.4, -0.2) is 32.5 Å². The van der Waals surface area contributed by atoms with E-state index < -0.39 is 0 Å². The average Bonchev–Trinajstić information content (AvgIpc) is 3.50. The predicted octanol–water partition coefficient (Wildman–Crippen LogP) is 4.03. The van der Waals surface area contributed by atoms with E-state index in [9.17, 15) is 4.79 Å². The van der Waals surface area contributed by atoms with Gasteiger partial charge >= 0.3 is 5.97 Å². The molecule has 29 heavy (non-hydrogen) atoms. The van der Waals surface area contributed by atoms with E-state index >= 15 is 0 Å². The lowest BCUT2D eigenvalue weighted by molar-refractivity contribution is -0.142. The van der Waals surface area contributed by atoms with Crippen LogP contribution in [0.4, 0.5) is 0 Å². The van der Waals surface area contributed by atoms with Crippen LogP contribution in [0.3, 0.4) is 0 Å². The van der Waals surface area contributed by atoms with Gasteiger partial charge in [-0.25, -0.2) is 0 Å². The van der Waals surface area contributed by atoms with E-state index in [1.54, 1.807) is 24.5 Å². The molecule has 0 radical (unpaired) electrons. The highest BCUT2D eigenvalue weighted by molar-refractivity contribution is 7.98. The van der Waals surface area contributed by atoms with Gasteiger partial charge in [0, 0.05) is 11.8 Å². The second-order valence-electron chi connectivity index (χ2n) is 5.99. The number of thioether (sulfide) groups is 1. The number of esters is 1. The molecule has 4 rings (SSSR count). The number of carbonyl (C=O) groups excluding carboxylic acids is 1. The van der Waals surface area contributed by atoms with E-state index in [0.29, 0.717) is 29.9 Å². The monoisotopic (exact) mass is 430 g/mol. The number of aromatic nitrogens is 4. The van der Waals surface area contributed by atoms with Gasteiger partial charge in [-0.1, -0.05) is 23.0 Å². The molecule has 0 saturated carbocycles. The lowest BCUT2D eigenvalue weighted by Crippen LogP contribution is -2.13. The number of furan rings is 1. The van der Waals surface area contributed by atoms with Crippen LogP contribution in [0.25, 0.3) is 10.6 Å². The van der Waals surface area contributed by atoms with Crippen LogP contribution in [0, 0.1) is 0 Å². The largest absolute Gasteiger partial charge is 0.467 e. The normalized spacial score (nSPS) is 11.1. The average molecular weight is 431 g/mol. The van der Waals surface area contributed by atoms with Crippen molar-refractivity contribution >= 4 is 29.1 Å². The van der Waals surface area contributed by atoms with Gasteiger partial charge in [-0.15, -0.1) is 21.5 Å². The fourth-order valence-electron chi connectivity index (χ4n) is 2.67. The molecule has 150 valence electrons.